The van der Waals surface area contributed by atoms with Gasteiger partial charge in [0.05, 0.1) is 7.11 Å². The first-order valence-corrected chi connectivity index (χ1v) is 7.54. The first kappa shape index (κ1) is 17.5. The first-order chi connectivity index (χ1) is 11.4. The number of hydrogen-bond acceptors (Lipinski definition) is 7. The molecule has 0 aliphatic carbocycles. The van der Waals surface area contributed by atoms with Crippen molar-refractivity contribution in [3.63, 3.8) is 0 Å². The maximum Gasteiger partial charge on any atom is 0.412 e. The summed E-state index contributed by atoms with van der Waals surface area (Å²) in [4.78, 5) is 24.7. The monoisotopic (exact) mass is 331 g/mol. The maximum absolute atomic E-state index is 12.1. The van der Waals surface area contributed by atoms with Crippen LogP contribution in [-0.2, 0) is 10.3 Å². The largest absolute Gasteiger partial charge is 0.467 e. The number of benzene rings is 1. The van der Waals surface area contributed by atoms with Crippen molar-refractivity contribution in [1.29, 1.82) is 0 Å². The number of nitrogens with one attached hydrogen (secondary N) is 2. The second-order valence-electron chi connectivity index (χ2n) is 5.39. The van der Waals surface area contributed by atoms with Crippen molar-refractivity contribution in [3.05, 3.63) is 36.2 Å². The topological polar surface area (TPSA) is 98.3 Å². The van der Waals surface area contributed by atoms with Crippen LogP contribution in [0.5, 0.6) is 6.01 Å². The second-order valence-corrected chi connectivity index (χ2v) is 5.39. The molecule has 0 unspecified atom stereocenters. The van der Waals surface area contributed by atoms with E-state index in [9.17, 15) is 4.79 Å². The molecule has 8 nitrogen and oxygen atoms in total. The number of nitrogens with zero attached hydrogens (tertiary/aromatic N) is 3. The number of amides is 1. The van der Waals surface area contributed by atoms with Crippen LogP contribution in [0.3, 0.4) is 0 Å². The molecule has 1 heterocycles. The molecule has 0 saturated carbocycles. The number of carbonyl (C=O) groups is 1. The third kappa shape index (κ3) is 4.55. The van der Waals surface area contributed by atoms with Crippen molar-refractivity contribution in [2.24, 2.45) is 0 Å². The fraction of sp³-hybridized carbons (Fsp3) is 0.375. The summed E-state index contributed by atoms with van der Waals surface area (Å²) < 4.78 is 10.6. The molecule has 2 aromatic rings. The number of methoxy groups -OCH3 is 1. The highest BCUT2D eigenvalue weighted by atomic mass is 16.6. The Kier molecular flexibility index (Phi) is 5.51. The minimum Gasteiger partial charge on any atom is -0.467 e. The Morgan fingerprint density at radius 1 is 1.17 bits per heavy atom. The van der Waals surface area contributed by atoms with E-state index in [1.54, 1.807) is 26.0 Å². The van der Waals surface area contributed by atoms with Crippen molar-refractivity contribution >= 4 is 17.7 Å². The van der Waals surface area contributed by atoms with Crippen LogP contribution in [0.25, 0.3) is 0 Å². The third-order valence-corrected chi connectivity index (χ3v) is 3.04. The number of aromatic nitrogens is 3. The van der Waals surface area contributed by atoms with Gasteiger partial charge in [-0.1, -0.05) is 18.2 Å². The number of anilines is 2. The van der Waals surface area contributed by atoms with Crippen molar-refractivity contribution in [3.8, 4) is 6.01 Å². The lowest BCUT2D eigenvalue weighted by molar-refractivity contribution is 0.0390. The summed E-state index contributed by atoms with van der Waals surface area (Å²) in [6.45, 7) is 5.96. The quantitative estimate of drug-likeness (QED) is 0.839. The zero-order valence-corrected chi connectivity index (χ0v) is 14.2. The van der Waals surface area contributed by atoms with E-state index in [2.05, 4.69) is 25.6 Å². The summed E-state index contributed by atoms with van der Waals surface area (Å²) in [5.74, 6) is 0.646. The molecular weight excluding hydrogens is 310 g/mol. The fourth-order valence-electron chi connectivity index (χ4n) is 1.90. The van der Waals surface area contributed by atoms with E-state index in [0.29, 0.717) is 18.2 Å². The summed E-state index contributed by atoms with van der Waals surface area (Å²) >= 11 is 0. The smallest absolute Gasteiger partial charge is 0.412 e. The molecule has 1 amide bonds. The lowest BCUT2D eigenvalue weighted by atomic mass is 10.1. The van der Waals surface area contributed by atoms with Gasteiger partial charge in [-0.25, -0.2) is 4.79 Å². The molecule has 0 aliphatic rings. The Morgan fingerprint density at radius 3 is 2.50 bits per heavy atom. The lowest BCUT2D eigenvalue weighted by Gasteiger charge is -2.24. The van der Waals surface area contributed by atoms with Gasteiger partial charge in [-0.05, 0) is 32.9 Å². The SMILES string of the molecule is CCNc1nc(OC)nc(C(C)(C)OC(=O)Nc2ccccc2)n1. The van der Waals surface area contributed by atoms with Crippen LogP contribution in [0.15, 0.2) is 30.3 Å². The molecule has 8 heteroatoms. The minimum atomic E-state index is -1.07. The third-order valence-electron chi connectivity index (χ3n) is 3.04. The lowest BCUT2D eigenvalue weighted by Crippen LogP contribution is -2.31. The van der Waals surface area contributed by atoms with Gasteiger partial charge in [0.25, 0.3) is 0 Å². The van der Waals surface area contributed by atoms with Gasteiger partial charge in [-0.2, -0.15) is 15.0 Å². The highest BCUT2D eigenvalue weighted by Gasteiger charge is 2.30. The Balaban J connectivity index is 2.16. The summed E-state index contributed by atoms with van der Waals surface area (Å²) in [5, 5.41) is 5.65. The Hall–Kier alpha value is -2.90. The van der Waals surface area contributed by atoms with Gasteiger partial charge in [0.1, 0.15) is 0 Å². The summed E-state index contributed by atoms with van der Waals surface area (Å²) in [7, 11) is 1.46. The second kappa shape index (κ2) is 7.58. The average Bonchev–Trinajstić information content (AvgIpc) is 2.55. The van der Waals surface area contributed by atoms with Crippen LogP contribution in [-0.4, -0.2) is 34.7 Å². The minimum absolute atomic E-state index is 0.149. The summed E-state index contributed by atoms with van der Waals surface area (Å²) in [5.41, 5.74) is -0.431. The number of carbonyl (C=O) groups excluding carboxylic acids is 1. The first-order valence-electron chi connectivity index (χ1n) is 7.54. The molecule has 0 aliphatic heterocycles. The normalized spacial score (nSPS) is 10.8. The van der Waals surface area contributed by atoms with Gasteiger partial charge in [-0.15, -0.1) is 0 Å². The van der Waals surface area contributed by atoms with E-state index in [1.165, 1.54) is 7.11 Å². The number of rotatable bonds is 6. The van der Waals surface area contributed by atoms with Crippen LogP contribution in [0, 0.1) is 0 Å². The predicted molar refractivity (Wildman–Crippen MR) is 90.1 cm³/mol. The molecule has 0 bridgehead atoms. The Morgan fingerprint density at radius 2 is 1.88 bits per heavy atom. The molecule has 0 spiro atoms. The standard InChI is InChI=1S/C16H21N5O3/c1-5-17-13-19-12(20-14(21-13)23-4)16(2,3)24-15(22)18-11-9-7-6-8-10-11/h6-10H,5H2,1-4H3,(H,18,22)(H,17,19,20,21). The van der Waals surface area contributed by atoms with Crippen molar-refractivity contribution in [1.82, 2.24) is 15.0 Å². The van der Waals surface area contributed by atoms with E-state index in [-0.39, 0.29) is 11.8 Å². The average molecular weight is 331 g/mol. The van der Waals surface area contributed by atoms with E-state index >= 15 is 0 Å². The zero-order chi connectivity index (χ0) is 17.6. The maximum atomic E-state index is 12.1. The van der Waals surface area contributed by atoms with Gasteiger partial charge in [0, 0.05) is 12.2 Å². The zero-order valence-electron chi connectivity index (χ0n) is 14.2. The molecule has 128 valence electrons. The van der Waals surface area contributed by atoms with Gasteiger partial charge in [0.2, 0.25) is 5.95 Å². The molecule has 0 radical (unpaired) electrons. The summed E-state index contributed by atoms with van der Waals surface area (Å²) in [6, 6.07) is 9.18. The number of para-hydroxylation sites is 1. The van der Waals surface area contributed by atoms with Crippen LogP contribution in [0.4, 0.5) is 16.4 Å². The van der Waals surface area contributed by atoms with Gasteiger partial charge in [-0.3, -0.25) is 5.32 Å². The van der Waals surface area contributed by atoms with Crippen LogP contribution in [0.2, 0.25) is 0 Å². The fourth-order valence-corrected chi connectivity index (χ4v) is 1.90. The van der Waals surface area contributed by atoms with Crippen molar-refractivity contribution in [2.45, 2.75) is 26.4 Å². The van der Waals surface area contributed by atoms with Crippen molar-refractivity contribution in [2.75, 3.05) is 24.3 Å². The Bertz CT molecular complexity index is 691. The molecule has 2 N–H and O–H groups in total. The molecule has 2 rings (SSSR count). The highest BCUT2D eigenvalue weighted by molar-refractivity contribution is 5.84. The summed E-state index contributed by atoms with van der Waals surface area (Å²) in [6.07, 6.45) is -0.601. The molecule has 24 heavy (non-hydrogen) atoms. The van der Waals surface area contributed by atoms with Crippen LogP contribution >= 0.6 is 0 Å². The molecule has 1 aromatic heterocycles. The molecule has 1 aromatic carbocycles. The molecular formula is C16H21N5O3. The molecule has 0 fully saturated rings. The van der Waals surface area contributed by atoms with E-state index in [4.69, 9.17) is 9.47 Å². The van der Waals surface area contributed by atoms with Gasteiger partial charge >= 0.3 is 12.1 Å². The van der Waals surface area contributed by atoms with Crippen LogP contribution in [0.1, 0.15) is 26.6 Å². The predicted octanol–water partition coefficient (Wildman–Crippen LogP) is 2.80. The Labute approximate surface area is 140 Å². The van der Waals surface area contributed by atoms with E-state index < -0.39 is 11.7 Å². The van der Waals surface area contributed by atoms with Gasteiger partial charge in [0.15, 0.2) is 11.4 Å². The van der Waals surface area contributed by atoms with Crippen LogP contribution < -0.4 is 15.4 Å². The number of hydrogen-bond donors (Lipinski definition) is 2. The van der Waals surface area contributed by atoms with E-state index in [0.717, 1.165) is 0 Å². The van der Waals surface area contributed by atoms with Gasteiger partial charge < -0.3 is 14.8 Å². The highest BCUT2D eigenvalue weighted by Crippen LogP contribution is 2.24. The van der Waals surface area contributed by atoms with Crippen molar-refractivity contribution < 1.29 is 14.3 Å². The number of ether oxygens (including phenoxy) is 2. The molecule has 0 saturated heterocycles. The van der Waals surface area contributed by atoms with E-state index in [1.807, 2.05) is 25.1 Å². The molecule has 0 atom stereocenters.